The second kappa shape index (κ2) is 12.4. The van der Waals surface area contributed by atoms with Gasteiger partial charge in [-0.05, 0) is 60.5 Å². The van der Waals surface area contributed by atoms with Gasteiger partial charge >= 0.3 is 5.97 Å². The molecule has 1 atom stereocenters. The minimum Gasteiger partial charge on any atom is -0.490 e. The molecule has 0 fully saturated rings. The number of pyridine rings is 1. The van der Waals surface area contributed by atoms with Gasteiger partial charge in [-0.3, -0.25) is 14.6 Å². The first-order valence-electron chi connectivity index (χ1n) is 11.1. The van der Waals surface area contributed by atoms with Crippen molar-refractivity contribution in [2.75, 3.05) is 18.5 Å². The molecule has 0 saturated carbocycles. The van der Waals surface area contributed by atoms with E-state index >= 15 is 0 Å². The predicted molar refractivity (Wildman–Crippen MR) is 138 cm³/mol. The summed E-state index contributed by atoms with van der Waals surface area (Å²) < 4.78 is 5.98. The number of nitrogens with zero attached hydrogens (tertiary/aromatic N) is 1. The van der Waals surface area contributed by atoms with Crippen LogP contribution in [0.1, 0.15) is 30.6 Å². The summed E-state index contributed by atoms with van der Waals surface area (Å²) in [6.07, 6.45) is 1.55. The van der Waals surface area contributed by atoms with Crippen LogP contribution in [0.2, 0.25) is 10.0 Å². The molecule has 0 aliphatic rings. The van der Waals surface area contributed by atoms with Crippen LogP contribution in [0.3, 0.4) is 0 Å². The molecule has 1 aromatic heterocycles. The molecule has 3 N–H and O–H groups in total. The van der Waals surface area contributed by atoms with Crippen molar-refractivity contribution in [2.24, 2.45) is 5.92 Å². The van der Waals surface area contributed by atoms with E-state index in [1.807, 2.05) is 30.3 Å². The van der Waals surface area contributed by atoms with Gasteiger partial charge < -0.3 is 20.5 Å². The lowest BCUT2D eigenvalue weighted by atomic mass is 10.0. The standard InChI is InChI=1S/C26H27Cl2N3O4/c1-16(2)24(31-19-6-3-17(4-7-19)26(34)29-12-11-25(32)33)15-35-20-8-10-23(30-14-20)21-9-5-18(27)13-22(21)28/h3-10,13-14,16,24,31H,11-12,15H2,1-2H3,(H,29,34)(H,32,33). The summed E-state index contributed by atoms with van der Waals surface area (Å²) in [7, 11) is 0. The number of aromatic nitrogens is 1. The van der Waals surface area contributed by atoms with Crippen LogP contribution in [-0.2, 0) is 4.79 Å². The summed E-state index contributed by atoms with van der Waals surface area (Å²) in [6.45, 7) is 4.69. The van der Waals surface area contributed by atoms with E-state index in [9.17, 15) is 9.59 Å². The van der Waals surface area contributed by atoms with Gasteiger partial charge in [0, 0.05) is 28.4 Å². The lowest BCUT2D eigenvalue weighted by molar-refractivity contribution is -0.136. The third kappa shape index (κ3) is 7.87. The second-order valence-corrected chi connectivity index (χ2v) is 9.13. The maximum Gasteiger partial charge on any atom is 0.305 e. The molecule has 7 nitrogen and oxygen atoms in total. The van der Waals surface area contributed by atoms with Crippen molar-refractivity contribution in [3.63, 3.8) is 0 Å². The lowest BCUT2D eigenvalue weighted by Gasteiger charge is -2.24. The minimum absolute atomic E-state index is 0.00984. The van der Waals surface area contributed by atoms with Crippen LogP contribution in [0, 0.1) is 5.92 Å². The van der Waals surface area contributed by atoms with E-state index < -0.39 is 5.97 Å². The van der Waals surface area contributed by atoms with Gasteiger partial charge in [0.15, 0.2) is 0 Å². The highest BCUT2D eigenvalue weighted by atomic mass is 35.5. The molecule has 3 rings (SSSR count). The van der Waals surface area contributed by atoms with E-state index in [0.717, 1.165) is 16.9 Å². The fourth-order valence-electron chi connectivity index (χ4n) is 3.23. The molecule has 1 amide bonds. The highest BCUT2D eigenvalue weighted by Gasteiger charge is 2.15. The third-order valence-corrected chi connectivity index (χ3v) is 5.85. The predicted octanol–water partition coefficient (Wildman–Crippen LogP) is 5.78. The summed E-state index contributed by atoms with van der Waals surface area (Å²) in [5.74, 6) is -0.351. The lowest BCUT2D eigenvalue weighted by Crippen LogP contribution is -2.32. The topological polar surface area (TPSA) is 101 Å². The van der Waals surface area contributed by atoms with Gasteiger partial charge in [-0.15, -0.1) is 0 Å². The summed E-state index contributed by atoms with van der Waals surface area (Å²) in [6, 6.07) is 16.0. The largest absolute Gasteiger partial charge is 0.490 e. The zero-order chi connectivity index (χ0) is 25.4. The van der Waals surface area contributed by atoms with E-state index in [0.29, 0.717) is 28.0 Å². The minimum atomic E-state index is -0.954. The Hall–Kier alpha value is -3.29. The zero-order valence-electron chi connectivity index (χ0n) is 19.4. The molecule has 0 radical (unpaired) electrons. The van der Waals surface area contributed by atoms with Crippen LogP contribution < -0.4 is 15.4 Å². The van der Waals surface area contributed by atoms with Crippen molar-refractivity contribution in [3.05, 3.63) is 76.4 Å². The van der Waals surface area contributed by atoms with Gasteiger partial charge in [0.2, 0.25) is 0 Å². The number of carbonyl (C=O) groups is 2. The van der Waals surface area contributed by atoms with E-state index in [1.54, 1.807) is 30.5 Å². The average Bonchev–Trinajstić information content (AvgIpc) is 2.82. The Morgan fingerprint density at radius 2 is 1.80 bits per heavy atom. The normalized spacial score (nSPS) is 11.7. The number of ether oxygens (including phenoxy) is 1. The van der Waals surface area contributed by atoms with Crippen molar-refractivity contribution in [1.82, 2.24) is 10.3 Å². The number of carboxylic acids is 1. The molecule has 9 heteroatoms. The average molecular weight is 516 g/mol. The van der Waals surface area contributed by atoms with Crippen molar-refractivity contribution < 1.29 is 19.4 Å². The number of carboxylic acid groups (broad SMARTS) is 1. The Bertz CT molecular complexity index is 1150. The smallest absolute Gasteiger partial charge is 0.305 e. The van der Waals surface area contributed by atoms with E-state index in [-0.39, 0.29) is 30.8 Å². The summed E-state index contributed by atoms with van der Waals surface area (Å²) >= 11 is 12.2. The molecule has 0 aliphatic heterocycles. The number of carbonyl (C=O) groups excluding carboxylic acids is 1. The first-order valence-corrected chi connectivity index (χ1v) is 11.9. The highest BCUT2D eigenvalue weighted by Crippen LogP contribution is 2.29. The number of halogens is 2. The molecule has 3 aromatic rings. The van der Waals surface area contributed by atoms with Gasteiger partial charge in [0.25, 0.3) is 5.91 Å². The summed E-state index contributed by atoms with van der Waals surface area (Å²) in [5, 5.41) is 15.8. The monoisotopic (exact) mass is 515 g/mol. The van der Waals surface area contributed by atoms with E-state index in [2.05, 4.69) is 29.5 Å². The van der Waals surface area contributed by atoms with Crippen LogP contribution in [0.15, 0.2) is 60.8 Å². The van der Waals surface area contributed by atoms with Crippen molar-refractivity contribution in [1.29, 1.82) is 0 Å². The maximum absolute atomic E-state index is 12.1. The first-order chi connectivity index (χ1) is 16.7. The Labute approximate surface area is 214 Å². The van der Waals surface area contributed by atoms with Crippen molar-refractivity contribution >= 4 is 40.8 Å². The van der Waals surface area contributed by atoms with Crippen LogP contribution in [0.5, 0.6) is 5.75 Å². The van der Waals surface area contributed by atoms with E-state index in [1.165, 1.54) is 0 Å². The number of rotatable bonds is 11. The maximum atomic E-state index is 12.1. The number of nitrogens with one attached hydrogen (secondary N) is 2. The van der Waals surface area contributed by atoms with Gasteiger partial charge in [-0.2, -0.15) is 0 Å². The molecule has 1 heterocycles. The van der Waals surface area contributed by atoms with Gasteiger partial charge in [-0.1, -0.05) is 37.0 Å². The fourth-order valence-corrected chi connectivity index (χ4v) is 3.73. The summed E-state index contributed by atoms with van der Waals surface area (Å²) in [5.41, 5.74) is 2.83. The van der Waals surface area contributed by atoms with Gasteiger partial charge in [0.05, 0.1) is 29.4 Å². The Kier molecular flexibility index (Phi) is 9.34. The number of aliphatic carboxylic acids is 1. The molecule has 0 aliphatic carbocycles. The summed E-state index contributed by atoms with van der Waals surface area (Å²) in [4.78, 5) is 27.1. The molecule has 0 bridgehead atoms. The van der Waals surface area contributed by atoms with Crippen LogP contribution in [-0.4, -0.2) is 41.2 Å². The number of amides is 1. The molecule has 0 spiro atoms. The first kappa shape index (κ1) is 26.3. The molecular formula is C26H27Cl2N3O4. The SMILES string of the molecule is CC(C)C(COc1ccc(-c2ccc(Cl)cc2Cl)nc1)Nc1ccc(C(=O)NCCC(=O)O)cc1. The molecule has 2 aromatic carbocycles. The second-order valence-electron chi connectivity index (χ2n) is 8.29. The number of benzene rings is 2. The zero-order valence-corrected chi connectivity index (χ0v) is 20.9. The Morgan fingerprint density at radius 3 is 2.40 bits per heavy atom. The fraction of sp³-hybridized carbons (Fsp3) is 0.269. The quantitative estimate of drug-likeness (QED) is 0.299. The number of anilines is 1. The van der Waals surface area contributed by atoms with Crippen LogP contribution >= 0.6 is 23.2 Å². The van der Waals surface area contributed by atoms with Gasteiger partial charge in [-0.25, -0.2) is 0 Å². The number of hydrogen-bond acceptors (Lipinski definition) is 5. The third-order valence-electron chi connectivity index (χ3n) is 5.30. The van der Waals surface area contributed by atoms with Crippen molar-refractivity contribution in [3.8, 4) is 17.0 Å². The molecule has 35 heavy (non-hydrogen) atoms. The highest BCUT2D eigenvalue weighted by molar-refractivity contribution is 6.36. The Morgan fingerprint density at radius 1 is 1.06 bits per heavy atom. The van der Waals surface area contributed by atoms with Crippen molar-refractivity contribution in [2.45, 2.75) is 26.3 Å². The molecule has 0 saturated heterocycles. The molecular weight excluding hydrogens is 489 g/mol. The Balaban J connectivity index is 1.56. The van der Waals surface area contributed by atoms with Crippen LogP contribution in [0.4, 0.5) is 5.69 Å². The number of hydrogen-bond donors (Lipinski definition) is 3. The van der Waals surface area contributed by atoms with Crippen LogP contribution in [0.25, 0.3) is 11.3 Å². The molecule has 1 unspecified atom stereocenters. The van der Waals surface area contributed by atoms with Gasteiger partial charge in [0.1, 0.15) is 12.4 Å². The molecule has 184 valence electrons. The van der Waals surface area contributed by atoms with E-state index in [4.69, 9.17) is 33.0 Å².